The molecule has 1 aliphatic rings. The Morgan fingerprint density at radius 2 is 0.750 bits per heavy atom. The minimum absolute atomic E-state index is 0.750. The SMILES string of the molecule is C1CCCCC1.N#CO.N#CO. The first-order valence-electron chi connectivity index (χ1n) is 3.89. The molecule has 68 valence electrons. The van der Waals surface area contributed by atoms with Crippen LogP contribution in [0.3, 0.4) is 0 Å². The normalized spacial score (nSPS) is 13.2. The second-order valence-electron chi connectivity index (χ2n) is 2.32. The van der Waals surface area contributed by atoms with Gasteiger partial charge in [0.2, 0.25) is 0 Å². The molecule has 0 aromatic rings. The van der Waals surface area contributed by atoms with E-state index in [-0.39, 0.29) is 0 Å². The highest BCUT2D eigenvalue weighted by molar-refractivity contribution is 4.51. The monoisotopic (exact) mass is 170 g/mol. The molecule has 12 heavy (non-hydrogen) atoms. The summed E-state index contributed by atoms with van der Waals surface area (Å²) in [6.45, 7) is 0. The third-order valence-electron chi connectivity index (χ3n) is 1.50. The van der Waals surface area contributed by atoms with Crippen LogP contribution in [0.2, 0.25) is 0 Å². The smallest absolute Gasteiger partial charge is 0.283 e. The van der Waals surface area contributed by atoms with Gasteiger partial charge in [0.05, 0.1) is 0 Å². The highest BCUT2D eigenvalue weighted by Gasteiger charge is 1.95. The Morgan fingerprint density at radius 3 is 0.833 bits per heavy atom. The van der Waals surface area contributed by atoms with Crippen LogP contribution in [0.15, 0.2) is 0 Å². The average Bonchev–Trinajstić information content (AvgIpc) is 2.10. The molecular weight excluding hydrogens is 156 g/mol. The second-order valence-corrected chi connectivity index (χ2v) is 2.32. The maximum atomic E-state index is 6.88. The molecule has 1 rings (SSSR count). The summed E-state index contributed by atoms with van der Waals surface area (Å²) in [5.41, 5.74) is 0. The van der Waals surface area contributed by atoms with E-state index in [0.29, 0.717) is 0 Å². The minimum atomic E-state index is 0.750. The molecule has 0 aliphatic heterocycles. The number of hydrogen-bond acceptors (Lipinski definition) is 4. The van der Waals surface area contributed by atoms with Crippen LogP contribution in [0.1, 0.15) is 38.5 Å². The van der Waals surface area contributed by atoms with Crippen molar-refractivity contribution in [2.45, 2.75) is 38.5 Å². The van der Waals surface area contributed by atoms with Crippen LogP contribution in [-0.2, 0) is 0 Å². The highest BCUT2D eigenvalue weighted by atomic mass is 16.2. The Kier molecular flexibility index (Phi) is 17.9. The van der Waals surface area contributed by atoms with Crippen LogP contribution in [0, 0.1) is 23.0 Å². The van der Waals surface area contributed by atoms with E-state index in [0.717, 1.165) is 12.5 Å². The van der Waals surface area contributed by atoms with Gasteiger partial charge < -0.3 is 10.2 Å². The topological polar surface area (TPSA) is 88.0 Å². The quantitative estimate of drug-likeness (QED) is 0.544. The van der Waals surface area contributed by atoms with E-state index < -0.39 is 0 Å². The predicted molar refractivity (Wildman–Crippen MR) is 42.8 cm³/mol. The first-order chi connectivity index (χ1) is 5.83. The molecule has 4 nitrogen and oxygen atoms in total. The third-order valence-corrected chi connectivity index (χ3v) is 1.50. The van der Waals surface area contributed by atoms with Gasteiger partial charge in [-0.25, -0.2) is 0 Å². The second kappa shape index (κ2) is 16.3. The van der Waals surface area contributed by atoms with Gasteiger partial charge in [-0.3, -0.25) is 0 Å². The van der Waals surface area contributed by atoms with Crippen molar-refractivity contribution in [1.82, 2.24) is 0 Å². The Bertz CT molecular complexity index is 119. The number of nitrogens with zero attached hydrogens (tertiary/aromatic N) is 2. The van der Waals surface area contributed by atoms with Crippen molar-refractivity contribution in [3.8, 4) is 12.5 Å². The molecule has 0 atom stereocenters. The van der Waals surface area contributed by atoms with Crippen molar-refractivity contribution >= 4 is 0 Å². The number of nitriles is 2. The molecule has 0 saturated heterocycles. The van der Waals surface area contributed by atoms with Gasteiger partial charge in [0.25, 0.3) is 12.5 Å². The fraction of sp³-hybridized carbons (Fsp3) is 0.750. The zero-order valence-electron chi connectivity index (χ0n) is 7.03. The van der Waals surface area contributed by atoms with Gasteiger partial charge in [0.1, 0.15) is 0 Å². The lowest BCUT2D eigenvalue weighted by Crippen LogP contribution is -1.85. The summed E-state index contributed by atoms with van der Waals surface area (Å²) in [6, 6.07) is 0. The largest absolute Gasteiger partial charge is 0.443 e. The van der Waals surface area contributed by atoms with E-state index in [1.807, 2.05) is 0 Å². The summed E-state index contributed by atoms with van der Waals surface area (Å²) in [4.78, 5) is 0. The van der Waals surface area contributed by atoms with Crippen molar-refractivity contribution in [3.63, 3.8) is 0 Å². The van der Waals surface area contributed by atoms with Gasteiger partial charge in [0, 0.05) is 0 Å². The van der Waals surface area contributed by atoms with Gasteiger partial charge in [-0.15, -0.1) is 0 Å². The molecule has 2 N–H and O–H groups in total. The maximum Gasteiger partial charge on any atom is 0.283 e. The van der Waals surface area contributed by atoms with Gasteiger partial charge in [-0.05, 0) is 0 Å². The molecule has 0 unspecified atom stereocenters. The van der Waals surface area contributed by atoms with E-state index in [2.05, 4.69) is 0 Å². The fourth-order valence-electron chi connectivity index (χ4n) is 1.06. The molecule has 0 spiro atoms. The molecule has 0 amide bonds. The van der Waals surface area contributed by atoms with Crippen molar-refractivity contribution in [2.75, 3.05) is 0 Å². The van der Waals surface area contributed by atoms with E-state index in [1.54, 1.807) is 0 Å². The van der Waals surface area contributed by atoms with Gasteiger partial charge in [-0.2, -0.15) is 10.5 Å². The molecule has 0 heterocycles. The molecule has 1 saturated carbocycles. The Labute approximate surface area is 72.7 Å². The molecule has 0 aromatic heterocycles. The molecule has 1 aliphatic carbocycles. The van der Waals surface area contributed by atoms with Crippen LogP contribution < -0.4 is 0 Å². The summed E-state index contributed by atoms with van der Waals surface area (Å²) in [7, 11) is 0. The van der Waals surface area contributed by atoms with E-state index in [9.17, 15) is 0 Å². The summed E-state index contributed by atoms with van der Waals surface area (Å²) in [5, 5.41) is 27.5. The number of aliphatic hydroxyl groups excluding tert-OH is 2. The average molecular weight is 170 g/mol. The van der Waals surface area contributed by atoms with E-state index in [4.69, 9.17) is 20.7 Å². The third kappa shape index (κ3) is 23.5. The van der Waals surface area contributed by atoms with Crippen LogP contribution in [0.4, 0.5) is 0 Å². The molecule has 0 bridgehead atoms. The number of rotatable bonds is 0. The Hall–Kier alpha value is -1.42. The lowest BCUT2D eigenvalue weighted by molar-refractivity contribution is 0.502. The van der Waals surface area contributed by atoms with Crippen LogP contribution in [0.5, 0.6) is 0 Å². The molecule has 1 fully saturated rings. The zero-order chi connectivity index (χ0) is 9.66. The van der Waals surface area contributed by atoms with Gasteiger partial charge in [-0.1, -0.05) is 38.5 Å². The minimum Gasteiger partial charge on any atom is -0.443 e. The van der Waals surface area contributed by atoms with Crippen molar-refractivity contribution in [2.24, 2.45) is 0 Å². The Morgan fingerprint density at radius 1 is 0.667 bits per heavy atom. The summed E-state index contributed by atoms with van der Waals surface area (Å²) < 4.78 is 0. The fourth-order valence-corrected chi connectivity index (χ4v) is 1.06. The lowest BCUT2D eigenvalue weighted by atomic mass is 10.0. The summed E-state index contributed by atoms with van der Waals surface area (Å²) in [6.07, 6.45) is 10.5. The first-order valence-corrected chi connectivity index (χ1v) is 3.89. The van der Waals surface area contributed by atoms with Crippen LogP contribution >= 0.6 is 0 Å². The molecule has 4 heteroatoms. The van der Waals surface area contributed by atoms with Crippen LogP contribution in [-0.4, -0.2) is 10.2 Å². The van der Waals surface area contributed by atoms with Crippen molar-refractivity contribution in [1.29, 1.82) is 10.5 Å². The van der Waals surface area contributed by atoms with Gasteiger partial charge in [0.15, 0.2) is 0 Å². The maximum absolute atomic E-state index is 6.88. The Balaban J connectivity index is 0. The van der Waals surface area contributed by atoms with Crippen LogP contribution in [0.25, 0.3) is 0 Å². The molecule has 0 aromatic carbocycles. The first kappa shape index (κ1) is 13.2. The van der Waals surface area contributed by atoms with Crippen molar-refractivity contribution < 1.29 is 10.2 Å². The predicted octanol–water partition coefficient (Wildman–Crippen LogP) is 2.02. The highest BCUT2D eigenvalue weighted by Crippen LogP contribution is 2.15. The zero-order valence-corrected chi connectivity index (χ0v) is 7.03. The molecular formula is C8H14N2O2. The standard InChI is InChI=1S/C6H12.2CHNO/c1-2-4-6-5-3-1;2*2-1-3/h1-6H2;2*3H. The van der Waals surface area contributed by atoms with Gasteiger partial charge >= 0.3 is 0 Å². The lowest BCUT2D eigenvalue weighted by Gasteiger charge is -2.05. The number of hydrogen-bond donors (Lipinski definition) is 2. The van der Waals surface area contributed by atoms with Crippen molar-refractivity contribution in [3.05, 3.63) is 0 Å². The number of aliphatic hydroxyl groups is 2. The summed E-state index contributed by atoms with van der Waals surface area (Å²) in [5.74, 6) is 0. The summed E-state index contributed by atoms with van der Waals surface area (Å²) >= 11 is 0. The molecule has 0 radical (unpaired) electrons. The van der Waals surface area contributed by atoms with E-state index >= 15 is 0 Å². The van der Waals surface area contributed by atoms with E-state index in [1.165, 1.54) is 38.5 Å².